The second-order valence-corrected chi connectivity index (χ2v) is 1.84. The van der Waals surface area contributed by atoms with E-state index in [1.165, 1.54) is 0 Å². The van der Waals surface area contributed by atoms with Gasteiger partial charge in [0.25, 0.3) is 0 Å². The molecule has 0 radical (unpaired) electrons. The number of hydrogen-bond donors (Lipinski definition) is 0. The molecule has 0 aromatic carbocycles. The van der Waals surface area contributed by atoms with Crippen molar-refractivity contribution in [2.24, 2.45) is 0 Å². The summed E-state index contributed by atoms with van der Waals surface area (Å²) in [5.41, 5.74) is 0.238. The third-order valence-corrected chi connectivity index (χ3v) is 1.19. The molecule has 0 aromatic heterocycles. The Labute approximate surface area is 108 Å². The van der Waals surface area contributed by atoms with Crippen molar-refractivity contribution in [2.45, 2.75) is 26.2 Å². The first-order valence-corrected chi connectivity index (χ1v) is 3.08. The maximum atomic E-state index is 10.1. The molecular formula is C6H9KN2O2. The second-order valence-electron chi connectivity index (χ2n) is 1.84. The normalized spacial score (nSPS) is 7.64. The quantitative estimate of drug-likeness (QED) is 0.221. The minimum Gasteiger partial charge on any atom is -0.612 e. The van der Waals surface area contributed by atoms with E-state index in [2.05, 4.69) is 0 Å². The van der Waals surface area contributed by atoms with Gasteiger partial charge in [-0.15, -0.1) is 0 Å². The molecule has 0 aromatic rings. The van der Waals surface area contributed by atoms with E-state index in [-0.39, 0.29) is 63.5 Å². The van der Waals surface area contributed by atoms with Crippen molar-refractivity contribution in [1.29, 1.82) is 5.26 Å². The third-order valence-electron chi connectivity index (χ3n) is 1.19. The summed E-state index contributed by atoms with van der Waals surface area (Å²) in [5, 5.41) is 28.3. The maximum absolute atomic E-state index is 10.1. The van der Waals surface area contributed by atoms with Gasteiger partial charge in [-0.25, -0.2) is 0 Å². The molecule has 0 aliphatic rings. The Hall–Kier alpha value is 0.396. The first-order chi connectivity index (χ1) is 4.72. The number of rotatable bonds is 3. The van der Waals surface area contributed by atoms with Crippen LogP contribution in [-0.4, -0.2) is 10.6 Å². The molecule has 0 N–H and O–H groups in total. The van der Waals surface area contributed by atoms with Gasteiger partial charge in [0, 0.05) is 19.3 Å². The zero-order chi connectivity index (χ0) is 7.98. The monoisotopic (exact) mass is 180 g/mol. The van der Waals surface area contributed by atoms with E-state index in [4.69, 9.17) is 5.26 Å². The first-order valence-electron chi connectivity index (χ1n) is 3.08. The second kappa shape index (κ2) is 8.49. The molecule has 0 aliphatic heterocycles. The van der Waals surface area contributed by atoms with Crippen LogP contribution in [0.4, 0.5) is 0 Å². The Morgan fingerprint density at radius 2 is 2.09 bits per heavy atom. The van der Waals surface area contributed by atoms with Crippen LogP contribution >= 0.6 is 0 Å². The van der Waals surface area contributed by atoms with Crippen molar-refractivity contribution < 1.29 is 56.3 Å². The van der Waals surface area contributed by atoms with Crippen LogP contribution in [0.3, 0.4) is 0 Å². The van der Waals surface area contributed by atoms with E-state index < -0.39 is 4.90 Å². The van der Waals surface area contributed by atoms with E-state index in [9.17, 15) is 10.4 Å². The summed E-state index contributed by atoms with van der Waals surface area (Å²) < 4.78 is 0. The third kappa shape index (κ3) is 6.78. The maximum Gasteiger partial charge on any atom is 1.00 e. The smallest absolute Gasteiger partial charge is 0.612 e. The average molecular weight is 180 g/mol. The van der Waals surface area contributed by atoms with Crippen molar-refractivity contribution in [3.8, 4) is 6.07 Å². The van der Waals surface area contributed by atoms with Crippen LogP contribution in [-0.2, 0) is 0 Å². The minimum absolute atomic E-state index is 0. The Balaban J connectivity index is 0. The molecular weight excluding hydrogens is 171 g/mol. The summed E-state index contributed by atoms with van der Waals surface area (Å²) in [6.07, 6.45) is 0.957. The van der Waals surface area contributed by atoms with Gasteiger partial charge in [0.15, 0.2) is 5.71 Å². The molecule has 0 rings (SSSR count). The van der Waals surface area contributed by atoms with Gasteiger partial charge >= 0.3 is 51.4 Å². The molecule has 0 spiro atoms. The van der Waals surface area contributed by atoms with Gasteiger partial charge in [-0.2, -0.15) is 10.2 Å². The van der Waals surface area contributed by atoms with Crippen molar-refractivity contribution >= 4 is 5.71 Å². The Morgan fingerprint density at radius 1 is 1.55 bits per heavy atom. The minimum atomic E-state index is -0.405. The van der Waals surface area contributed by atoms with E-state index in [1.54, 1.807) is 6.92 Å². The van der Waals surface area contributed by atoms with E-state index in [1.807, 2.05) is 6.07 Å². The molecule has 56 valence electrons. The average Bonchev–Trinajstić information content (AvgIpc) is 1.89. The predicted octanol–water partition coefficient (Wildman–Crippen LogP) is -1.85. The molecule has 0 aliphatic carbocycles. The van der Waals surface area contributed by atoms with Gasteiger partial charge in [-0.1, -0.05) is 6.92 Å². The summed E-state index contributed by atoms with van der Waals surface area (Å²) in [6, 6.07) is 1.86. The number of nitriles is 1. The first kappa shape index (κ1) is 14.0. The van der Waals surface area contributed by atoms with Gasteiger partial charge in [-0.05, 0) is 0 Å². The largest absolute Gasteiger partial charge is 1.00 e. The van der Waals surface area contributed by atoms with E-state index >= 15 is 0 Å². The predicted molar refractivity (Wildman–Crippen MR) is 37.1 cm³/mol. The zero-order valence-electron chi connectivity index (χ0n) is 6.83. The fourth-order valence-corrected chi connectivity index (χ4v) is 0.597. The van der Waals surface area contributed by atoms with Gasteiger partial charge in [0.05, 0.1) is 6.07 Å². The van der Waals surface area contributed by atoms with Crippen LogP contribution in [0.2, 0.25) is 0 Å². The molecule has 11 heavy (non-hydrogen) atoms. The van der Waals surface area contributed by atoms with Crippen LogP contribution in [0, 0.1) is 21.7 Å². The molecule has 5 heteroatoms. The standard InChI is InChI=1S/C6H9N2O2.K/c1-2-6(8(9)10)4-3-5-7;/h2-4H2,1H3;/q-1;+1. The zero-order valence-corrected chi connectivity index (χ0v) is 9.96. The topological polar surface area (TPSA) is 72.9 Å². The Bertz CT molecular complexity index is 170. The number of nitrogens with zero attached hydrogens (tertiary/aromatic N) is 2. The van der Waals surface area contributed by atoms with Gasteiger partial charge in [0.2, 0.25) is 0 Å². The Kier molecular flexibility index (Phi) is 10.8. The Morgan fingerprint density at radius 3 is 2.36 bits per heavy atom. The van der Waals surface area contributed by atoms with Crippen molar-refractivity contribution in [3.63, 3.8) is 0 Å². The van der Waals surface area contributed by atoms with Crippen LogP contribution in [0.5, 0.6) is 0 Å². The molecule has 0 heterocycles. The summed E-state index contributed by atoms with van der Waals surface area (Å²) in [4.78, 5) is -0.405. The molecule has 0 atom stereocenters. The molecule has 4 nitrogen and oxygen atoms in total. The summed E-state index contributed by atoms with van der Waals surface area (Å²) in [5.74, 6) is 0. The van der Waals surface area contributed by atoms with E-state index in [0.717, 1.165) is 0 Å². The van der Waals surface area contributed by atoms with Crippen LogP contribution in [0.1, 0.15) is 26.2 Å². The van der Waals surface area contributed by atoms with Crippen LogP contribution < -0.4 is 51.4 Å². The van der Waals surface area contributed by atoms with Crippen molar-refractivity contribution in [3.05, 3.63) is 10.4 Å². The number of hydrogen-bond acceptors (Lipinski definition) is 3. The fraction of sp³-hybridized carbons (Fsp3) is 0.667. The molecule has 0 fully saturated rings. The summed E-state index contributed by atoms with van der Waals surface area (Å²) in [6.45, 7) is 1.72. The van der Waals surface area contributed by atoms with E-state index in [0.29, 0.717) is 12.8 Å². The van der Waals surface area contributed by atoms with Crippen molar-refractivity contribution in [1.82, 2.24) is 0 Å². The summed E-state index contributed by atoms with van der Waals surface area (Å²) in [7, 11) is 0. The molecule has 0 saturated heterocycles. The molecule has 0 saturated carbocycles. The summed E-state index contributed by atoms with van der Waals surface area (Å²) >= 11 is 0. The van der Waals surface area contributed by atoms with Gasteiger partial charge in [-0.3, -0.25) is 0 Å². The van der Waals surface area contributed by atoms with Gasteiger partial charge in [0.1, 0.15) is 0 Å². The van der Waals surface area contributed by atoms with Crippen LogP contribution in [0.25, 0.3) is 0 Å². The molecule has 0 unspecified atom stereocenters. The SMILES string of the molecule is CCC(CCC#N)=[N+]([O-])[O-].[K+]. The fourth-order valence-electron chi connectivity index (χ4n) is 0.597. The van der Waals surface area contributed by atoms with Crippen LogP contribution in [0.15, 0.2) is 0 Å². The van der Waals surface area contributed by atoms with Crippen molar-refractivity contribution in [2.75, 3.05) is 0 Å². The molecule has 0 amide bonds. The van der Waals surface area contributed by atoms with Gasteiger partial charge < -0.3 is 10.4 Å². The molecule has 0 bridgehead atoms.